The smallest absolute Gasteiger partial charge is 0.131 e. The van der Waals surface area contributed by atoms with Gasteiger partial charge >= 0.3 is 0 Å². The molecule has 0 bridgehead atoms. The van der Waals surface area contributed by atoms with Gasteiger partial charge in [0, 0.05) is 32.0 Å². The number of aliphatic imine (C=N–C) groups is 1. The van der Waals surface area contributed by atoms with Gasteiger partial charge in [-0.05, 0) is 26.2 Å². The first-order valence-electron chi connectivity index (χ1n) is 6.07. The van der Waals surface area contributed by atoms with Gasteiger partial charge < -0.3 is 4.90 Å². The Morgan fingerprint density at radius 3 is 3.13 bits per heavy atom. The lowest BCUT2D eigenvalue weighted by Crippen LogP contribution is -2.43. The summed E-state index contributed by atoms with van der Waals surface area (Å²) in [5, 5.41) is 0. The number of nitrogens with zero attached hydrogens (tertiary/aromatic N) is 2. The molecule has 0 spiro atoms. The van der Waals surface area contributed by atoms with Crippen molar-refractivity contribution in [3.63, 3.8) is 0 Å². The zero-order chi connectivity index (χ0) is 10.7. The maximum Gasteiger partial charge on any atom is 0.131 e. The van der Waals surface area contributed by atoms with Crippen molar-refractivity contribution in [2.45, 2.75) is 51.5 Å². The zero-order valence-corrected chi connectivity index (χ0v) is 9.54. The van der Waals surface area contributed by atoms with Gasteiger partial charge in [0.15, 0.2) is 0 Å². The molecule has 3 heteroatoms. The molecule has 0 N–H and O–H groups in total. The Balaban J connectivity index is 2.10. The summed E-state index contributed by atoms with van der Waals surface area (Å²) in [6.07, 6.45) is 6.63. The fourth-order valence-electron chi connectivity index (χ4n) is 2.65. The van der Waals surface area contributed by atoms with Crippen molar-refractivity contribution in [2.24, 2.45) is 4.99 Å². The summed E-state index contributed by atoms with van der Waals surface area (Å²) in [6, 6.07) is 0.434. The van der Waals surface area contributed by atoms with E-state index in [0.29, 0.717) is 18.2 Å². The van der Waals surface area contributed by atoms with Crippen molar-refractivity contribution in [2.75, 3.05) is 13.1 Å². The van der Waals surface area contributed by atoms with Crippen LogP contribution in [0.15, 0.2) is 4.99 Å². The molecule has 2 rings (SSSR count). The van der Waals surface area contributed by atoms with E-state index < -0.39 is 0 Å². The molecule has 0 aromatic carbocycles. The first kappa shape index (κ1) is 10.7. The average molecular weight is 208 g/mol. The quantitative estimate of drug-likeness (QED) is 0.695. The second-order valence-corrected chi connectivity index (χ2v) is 4.65. The highest BCUT2D eigenvalue weighted by Crippen LogP contribution is 2.23. The molecule has 2 heterocycles. The van der Waals surface area contributed by atoms with Crippen molar-refractivity contribution >= 4 is 11.6 Å². The minimum Gasteiger partial charge on any atom is -0.357 e. The van der Waals surface area contributed by atoms with E-state index in [9.17, 15) is 4.79 Å². The van der Waals surface area contributed by atoms with Crippen LogP contribution in [0.5, 0.6) is 0 Å². The topological polar surface area (TPSA) is 32.7 Å². The Morgan fingerprint density at radius 2 is 2.33 bits per heavy atom. The molecule has 1 atom stereocenters. The van der Waals surface area contributed by atoms with Gasteiger partial charge in [-0.3, -0.25) is 9.79 Å². The summed E-state index contributed by atoms with van der Waals surface area (Å²) >= 11 is 0. The maximum absolute atomic E-state index is 11.2. The second kappa shape index (κ2) is 4.77. The number of Topliss-reactive ketones (excluding diaryl/α,β-unsaturated/α-hetero) is 1. The van der Waals surface area contributed by atoms with Crippen molar-refractivity contribution in [1.82, 2.24) is 4.90 Å². The van der Waals surface area contributed by atoms with Gasteiger partial charge in [-0.2, -0.15) is 0 Å². The lowest BCUT2D eigenvalue weighted by molar-refractivity contribution is -0.117. The van der Waals surface area contributed by atoms with Crippen LogP contribution >= 0.6 is 0 Å². The van der Waals surface area contributed by atoms with Crippen LogP contribution in [-0.2, 0) is 4.79 Å². The molecular formula is C12H20N2O. The predicted octanol–water partition coefficient (Wildman–Crippen LogP) is 2.01. The van der Waals surface area contributed by atoms with Crippen LogP contribution in [0.2, 0.25) is 0 Å². The van der Waals surface area contributed by atoms with E-state index in [2.05, 4.69) is 9.89 Å². The monoisotopic (exact) mass is 208 g/mol. The molecule has 15 heavy (non-hydrogen) atoms. The van der Waals surface area contributed by atoms with Gasteiger partial charge in [0.2, 0.25) is 0 Å². The number of amidine groups is 1. The fourth-order valence-corrected chi connectivity index (χ4v) is 2.65. The van der Waals surface area contributed by atoms with E-state index >= 15 is 0 Å². The van der Waals surface area contributed by atoms with Crippen LogP contribution in [0, 0.1) is 0 Å². The van der Waals surface area contributed by atoms with Crippen LogP contribution < -0.4 is 0 Å². The summed E-state index contributed by atoms with van der Waals surface area (Å²) in [4.78, 5) is 18.2. The summed E-state index contributed by atoms with van der Waals surface area (Å²) in [5.74, 6) is 1.58. The van der Waals surface area contributed by atoms with E-state index in [1.807, 2.05) is 0 Å². The van der Waals surface area contributed by atoms with Crippen molar-refractivity contribution in [3.8, 4) is 0 Å². The van der Waals surface area contributed by atoms with Crippen LogP contribution in [-0.4, -0.2) is 35.7 Å². The molecule has 1 fully saturated rings. The lowest BCUT2D eigenvalue weighted by atomic mass is 10.0. The first-order chi connectivity index (χ1) is 7.27. The number of rotatable bonds is 2. The Kier molecular flexibility index (Phi) is 3.39. The Hall–Kier alpha value is -0.860. The molecular weight excluding hydrogens is 188 g/mol. The highest BCUT2D eigenvalue weighted by Gasteiger charge is 2.26. The number of hydrogen-bond acceptors (Lipinski definition) is 3. The summed E-state index contributed by atoms with van der Waals surface area (Å²) < 4.78 is 0. The molecule has 2 aliphatic rings. The zero-order valence-electron chi connectivity index (χ0n) is 9.54. The van der Waals surface area contributed by atoms with Gasteiger partial charge in [-0.1, -0.05) is 6.42 Å². The average Bonchev–Trinajstić information content (AvgIpc) is 2.41. The minimum absolute atomic E-state index is 0.312. The standard InChI is InChI=1S/C12H20N2O/c1-10(15)9-11-5-2-3-6-12-13-7-4-8-14(11)12/h11H,2-9H2,1H3. The van der Waals surface area contributed by atoms with E-state index in [0.717, 1.165) is 25.9 Å². The Morgan fingerprint density at radius 1 is 1.47 bits per heavy atom. The van der Waals surface area contributed by atoms with Crippen LogP contribution in [0.3, 0.4) is 0 Å². The van der Waals surface area contributed by atoms with E-state index in [-0.39, 0.29) is 0 Å². The van der Waals surface area contributed by atoms with Crippen LogP contribution in [0.4, 0.5) is 0 Å². The Labute approximate surface area is 91.6 Å². The molecule has 0 aliphatic carbocycles. The van der Waals surface area contributed by atoms with Crippen molar-refractivity contribution in [3.05, 3.63) is 0 Å². The van der Waals surface area contributed by atoms with E-state index in [1.54, 1.807) is 6.92 Å². The molecule has 0 radical (unpaired) electrons. The molecule has 0 aromatic heterocycles. The number of carbonyl (C=O) groups excluding carboxylic acids is 1. The SMILES string of the molecule is CC(=O)CC1CCCCC2=NCCCN21. The predicted molar refractivity (Wildman–Crippen MR) is 61.2 cm³/mol. The third kappa shape index (κ3) is 2.58. The Bertz CT molecular complexity index is 273. The highest BCUT2D eigenvalue weighted by molar-refractivity contribution is 5.84. The lowest BCUT2D eigenvalue weighted by Gasteiger charge is -2.34. The fraction of sp³-hybridized carbons (Fsp3) is 0.833. The van der Waals surface area contributed by atoms with E-state index in [4.69, 9.17) is 0 Å². The highest BCUT2D eigenvalue weighted by atomic mass is 16.1. The van der Waals surface area contributed by atoms with Gasteiger partial charge in [0.25, 0.3) is 0 Å². The molecule has 0 saturated carbocycles. The molecule has 0 aromatic rings. The number of hydrogen-bond donors (Lipinski definition) is 0. The molecule has 1 unspecified atom stereocenters. The molecule has 0 amide bonds. The van der Waals surface area contributed by atoms with Gasteiger partial charge in [0.1, 0.15) is 5.78 Å². The van der Waals surface area contributed by atoms with Gasteiger partial charge in [-0.25, -0.2) is 0 Å². The third-order valence-corrected chi connectivity index (χ3v) is 3.33. The molecule has 84 valence electrons. The third-order valence-electron chi connectivity index (χ3n) is 3.33. The minimum atomic E-state index is 0.312. The van der Waals surface area contributed by atoms with E-state index in [1.165, 1.54) is 25.1 Å². The molecule has 1 saturated heterocycles. The van der Waals surface area contributed by atoms with Crippen molar-refractivity contribution < 1.29 is 4.79 Å². The number of ketones is 1. The summed E-state index contributed by atoms with van der Waals surface area (Å²) in [6.45, 7) is 3.79. The van der Waals surface area contributed by atoms with Crippen molar-refractivity contribution in [1.29, 1.82) is 0 Å². The maximum atomic E-state index is 11.2. The first-order valence-corrected chi connectivity index (χ1v) is 6.07. The second-order valence-electron chi connectivity index (χ2n) is 4.65. The van der Waals surface area contributed by atoms with Crippen LogP contribution in [0.25, 0.3) is 0 Å². The summed E-state index contributed by atoms with van der Waals surface area (Å²) in [5.41, 5.74) is 0. The normalized spacial score (nSPS) is 26.6. The van der Waals surface area contributed by atoms with Gasteiger partial charge in [-0.15, -0.1) is 0 Å². The van der Waals surface area contributed by atoms with Gasteiger partial charge in [0.05, 0.1) is 5.84 Å². The number of carbonyl (C=O) groups is 1. The summed E-state index contributed by atoms with van der Waals surface area (Å²) in [7, 11) is 0. The molecule has 2 aliphatic heterocycles. The molecule has 3 nitrogen and oxygen atoms in total. The van der Waals surface area contributed by atoms with Crippen LogP contribution in [0.1, 0.15) is 45.4 Å². The largest absolute Gasteiger partial charge is 0.357 e. The number of fused-ring (bicyclic) bond motifs is 1.